The number of amides is 2. The summed E-state index contributed by atoms with van der Waals surface area (Å²) >= 11 is 0. The first kappa shape index (κ1) is 28.9. The monoisotopic (exact) mass is 569 g/mol. The van der Waals surface area contributed by atoms with Gasteiger partial charge >= 0.3 is 0 Å². The minimum absolute atomic E-state index is 0.0113. The van der Waals surface area contributed by atoms with E-state index in [1.165, 1.54) is 42.2 Å². The molecule has 1 aliphatic heterocycles. The fourth-order valence-electron chi connectivity index (χ4n) is 4.39. The summed E-state index contributed by atoms with van der Waals surface area (Å²) in [7, 11) is -3.91. The van der Waals surface area contributed by atoms with Crippen molar-refractivity contribution in [2.45, 2.75) is 32.9 Å². The van der Waals surface area contributed by atoms with Crippen LogP contribution in [-0.4, -0.2) is 56.8 Å². The molecule has 0 unspecified atom stereocenters. The van der Waals surface area contributed by atoms with Crippen LogP contribution in [0.2, 0.25) is 0 Å². The van der Waals surface area contributed by atoms with Crippen molar-refractivity contribution < 1.29 is 31.9 Å². The normalized spacial score (nSPS) is 13.0. The molecule has 0 saturated carbocycles. The largest absolute Gasteiger partial charge is 0.454 e. The van der Waals surface area contributed by atoms with Gasteiger partial charge in [0, 0.05) is 25.6 Å². The zero-order chi connectivity index (χ0) is 28.7. The van der Waals surface area contributed by atoms with Crippen LogP contribution in [0.3, 0.4) is 0 Å². The Balaban J connectivity index is 1.73. The maximum atomic E-state index is 14.0. The number of ether oxygens (including phenoxy) is 2. The topological polar surface area (TPSA) is 105 Å². The fraction of sp³-hybridized carbons (Fsp3) is 0.310. The molecule has 4 rings (SSSR count). The lowest BCUT2D eigenvalue weighted by molar-refractivity contribution is -0.140. The number of carbonyl (C=O) groups is 2. The van der Waals surface area contributed by atoms with E-state index < -0.39 is 34.3 Å². The van der Waals surface area contributed by atoms with E-state index in [1.807, 2.05) is 30.3 Å². The maximum absolute atomic E-state index is 14.0. The van der Waals surface area contributed by atoms with Crippen molar-refractivity contribution in [3.05, 3.63) is 89.7 Å². The van der Waals surface area contributed by atoms with Gasteiger partial charge in [0.2, 0.25) is 28.6 Å². The predicted octanol–water partition coefficient (Wildman–Crippen LogP) is 3.49. The van der Waals surface area contributed by atoms with Gasteiger partial charge in [-0.25, -0.2) is 12.8 Å². The van der Waals surface area contributed by atoms with Crippen LogP contribution < -0.4 is 19.1 Å². The van der Waals surface area contributed by atoms with E-state index in [1.54, 1.807) is 19.1 Å². The molecule has 0 radical (unpaired) electrons. The SMILES string of the molecule is CCNC(=O)[C@@H](Cc1ccccc1)N(Cc1ccc(F)cc1)C(=O)CN(c1ccc2c(c1)OCO2)S(=O)(=O)CC. The lowest BCUT2D eigenvalue weighted by atomic mass is 10.0. The van der Waals surface area contributed by atoms with Crippen LogP contribution in [0.1, 0.15) is 25.0 Å². The summed E-state index contributed by atoms with van der Waals surface area (Å²) in [4.78, 5) is 28.7. The van der Waals surface area contributed by atoms with Crippen molar-refractivity contribution in [2.75, 3.05) is 29.9 Å². The number of halogens is 1. The Morgan fingerprint density at radius 1 is 0.950 bits per heavy atom. The standard InChI is InChI=1S/C29H32FN3O6S/c1-3-31-29(35)25(16-21-8-6-5-7-9-21)32(18-22-10-12-23(30)13-11-22)28(34)19-33(40(36,37)4-2)24-14-15-26-27(17-24)39-20-38-26/h5-15,17,25H,3-4,16,18-20H2,1-2H3,(H,31,35)/t25-/m1/s1. The van der Waals surface area contributed by atoms with Crippen molar-refractivity contribution in [1.29, 1.82) is 0 Å². The van der Waals surface area contributed by atoms with Crippen molar-refractivity contribution in [3.8, 4) is 11.5 Å². The third kappa shape index (κ3) is 6.90. The Morgan fingerprint density at radius 2 is 1.65 bits per heavy atom. The highest BCUT2D eigenvalue weighted by atomic mass is 32.2. The van der Waals surface area contributed by atoms with E-state index in [0.717, 1.165) is 9.87 Å². The summed E-state index contributed by atoms with van der Waals surface area (Å²) in [5.41, 5.74) is 1.65. The number of nitrogens with zero attached hydrogens (tertiary/aromatic N) is 2. The van der Waals surface area contributed by atoms with E-state index in [4.69, 9.17) is 9.47 Å². The predicted molar refractivity (Wildman–Crippen MR) is 149 cm³/mol. The highest BCUT2D eigenvalue weighted by Gasteiger charge is 2.34. The quantitative estimate of drug-likeness (QED) is 0.358. The first-order chi connectivity index (χ1) is 19.2. The Kier molecular flexibility index (Phi) is 9.26. The number of sulfonamides is 1. The van der Waals surface area contributed by atoms with Gasteiger partial charge in [0.1, 0.15) is 18.4 Å². The van der Waals surface area contributed by atoms with Gasteiger partial charge in [0.25, 0.3) is 0 Å². The van der Waals surface area contributed by atoms with E-state index >= 15 is 0 Å². The van der Waals surface area contributed by atoms with Gasteiger partial charge in [0.15, 0.2) is 11.5 Å². The zero-order valence-corrected chi connectivity index (χ0v) is 23.2. The number of carbonyl (C=O) groups excluding carboxylic acids is 2. The Bertz CT molecular complexity index is 1430. The number of fused-ring (bicyclic) bond motifs is 1. The minimum Gasteiger partial charge on any atom is -0.454 e. The maximum Gasteiger partial charge on any atom is 0.244 e. The first-order valence-corrected chi connectivity index (χ1v) is 14.6. The number of hydrogen-bond donors (Lipinski definition) is 1. The van der Waals surface area contributed by atoms with Crippen LogP contribution in [0.25, 0.3) is 0 Å². The van der Waals surface area contributed by atoms with Gasteiger partial charge < -0.3 is 19.7 Å². The van der Waals surface area contributed by atoms with E-state index in [-0.39, 0.29) is 37.1 Å². The van der Waals surface area contributed by atoms with Gasteiger partial charge in [-0.3, -0.25) is 13.9 Å². The van der Waals surface area contributed by atoms with Crippen LogP contribution in [-0.2, 0) is 32.6 Å². The third-order valence-electron chi connectivity index (χ3n) is 6.51. The Hall–Kier alpha value is -4.12. The van der Waals surface area contributed by atoms with Crippen LogP contribution in [0, 0.1) is 5.82 Å². The van der Waals surface area contributed by atoms with E-state index in [0.29, 0.717) is 23.6 Å². The summed E-state index contributed by atoms with van der Waals surface area (Å²) in [6, 6.07) is 18.5. The molecule has 3 aromatic rings. The number of anilines is 1. The second-order valence-electron chi connectivity index (χ2n) is 9.19. The van der Waals surface area contributed by atoms with Gasteiger partial charge in [-0.2, -0.15) is 0 Å². The van der Waals surface area contributed by atoms with Crippen LogP contribution in [0.5, 0.6) is 11.5 Å². The van der Waals surface area contributed by atoms with Gasteiger partial charge in [0.05, 0.1) is 11.4 Å². The summed E-state index contributed by atoms with van der Waals surface area (Å²) in [5.74, 6) is -0.818. The second kappa shape index (κ2) is 12.8. The lowest BCUT2D eigenvalue weighted by Crippen LogP contribution is -2.53. The van der Waals surface area contributed by atoms with Crippen molar-refractivity contribution in [1.82, 2.24) is 10.2 Å². The van der Waals surface area contributed by atoms with Crippen LogP contribution >= 0.6 is 0 Å². The molecule has 0 spiro atoms. The van der Waals surface area contributed by atoms with Crippen molar-refractivity contribution >= 4 is 27.5 Å². The summed E-state index contributed by atoms with van der Waals surface area (Å²) in [6.07, 6.45) is 0.199. The average molecular weight is 570 g/mol. The van der Waals surface area contributed by atoms with E-state index in [9.17, 15) is 22.4 Å². The summed E-state index contributed by atoms with van der Waals surface area (Å²) in [5, 5.41) is 2.80. The molecule has 40 heavy (non-hydrogen) atoms. The Morgan fingerprint density at radius 3 is 2.33 bits per heavy atom. The molecule has 0 aromatic heterocycles. The highest BCUT2D eigenvalue weighted by molar-refractivity contribution is 7.92. The molecule has 0 aliphatic carbocycles. The smallest absolute Gasteiger partial charge is 0.244 e. The molecule has 1 aliphatic rings. The highest BCUT2D eigenvalue weighted by Crippen LogP contribution is 2.36. The first-order valence-electron chi connectivity index (χ1n) is 13.0. The molecular weight excluding hydrogens is 537 g/mol. The second-order valence-corrected chi connectivity index (χ2v) is 11.4. The number of likely N-dealkylation sites (N-methyl/N-ethyl adjacent to an activating group) is 1. The molecule has 2 amide bonds. The van der Waals surface area contributed by atoms with Crippen LogP contribution in [0.15, 0.2) is 72.8 Å². The van der Waals surface area contributed by atoms with Crippen LogP contribution in [0.4, 0.5) is 10.1 Å². The van der Waals surface area contributed by atoms with Crippen molar-refractivity contribution in [2.24, 2.45) is 0 Å². The molecule has 1 atom stereocenters. The minimum atomic E-state index is -3.91. The number of rotatable bonds is 12. The van der Waals surface area contributed by atoms with E-state index in [2.05, 4.69) is 5.32 Å². The molecule has 9 nitrogen and oxygen atoms in total. The van der Waals surface area contributed by atoms with Gasteiger partial charge in [-0.05, 0) is 49.2 Å². The lowest BCUT2D eigenvalue weighted by Gasteiger charge is -2.33. The molecule has 0 saturated heterocycles. The molecule has 0 fully saturated rings. The average Bonchev–Trinajstić information content (AvgIpc) is 3.43. The van der Waals surface area contributed by atoms with Gasteiger partial charge in [-0.15, -0.1) is 0 Å². The molecule has 1 heterocycles. The zero-order valence-electron chi connectivity index (χ0n) is 22.4. The number of hydrogen-bond acceptors (Lipinski definition) is 6. The van der Waals surface area contributed by atoms with Gasteiger partial charge in [-0.1, -0.05) is 42.5 Å². The summed E-state index contributed by atoms with van der Waals surface area (Å²) in [6.45, 7) is 3.03. The molecule has 1 N–H and O–H groups in total. The molecule has 11 heteroatoms. The summed E-state index contributed by atoms with van der Waals surface area (Å²) < 4.78 is 51.8. The molecule has 3 aromatic carbocycles. The molecule has 0 bridgehead atoms. The third-order valence-corrected chi connectivity index (χ3v) is 8.25. The molecular formula is C29H32FN3O6S. The molecule has 212 valence electrons. The number of benzene rings is 3. The van der Waals surface area contributed by atoms with Crippen molar-refractivity contribution in [3.63, 3.8) is 0 Å². The fourth-order valence-corrected chi connectivity index (χ4v) is 5.45. The number of nitrogens with one attached hydrogen (secondary N) is 1. The Labute approximate surface area is 233 Å².